The van der Waals surface area contributed by atoms with Crippen LogP contribution in [-0.4, -0.2) is 55.2 Å². The number of thiazole rings is 1. The zero-order valence-corrected chi connectivity index (χ0v) is 14.4. The molecule has 1 aromatic carbocycles. The lowest BCUT2D eigenvalue weighted by atomic mass is 10.3. The van der Waals surface area contributed by atoms with Crippen molar-refractivity contribution in [3.8, 4) is 5.75 Å². The number of anilines is 1. The predicted octanol–water partition coefficient (Wildman–Crippen LogP) is 2.55. The third-order valence-electron chi connectivity index (χ3n) is 3.83. The summed E-state index contributed by atoms with van der Waals surface area (Å²) in [5, 5.41) is 3.87. The van der Waals surface area contributed by atoms with Gasteiger partial charge in [-0.1, -0.05) is 11.3 Å². The molecule has 2 amide bonds. The van der Waals surface area contributed by atoms with Crippen molar-refractivity contribution in [1.82, 2.24) is 15.2 Å². The van der Waals surface area contributed by atoms with Gasteiger partial charge < -0.3 is 19.9 Å². The number of carbonyl (C=O) groups excluding carboxylic acids is 1. The predicted molar refractivity (Wildman–Crippen MR) is 93.6 cm³/mol. The number of hydrogen-bond donors (Lipinski definition) is 1. The molecule has 1 aliphatic heterocycles. The fraction of sp³-hybridized carbons (Fsp3) is 0.500. The number of urea groups is 1. The molecule has 1 N–H and O–H groups in total. The summed E-state index contributed by atoms with van der Waals surface area (Å²) >= 11 is 1.68. The Morgan fingerprint density at radius 2 is 2.09 bits per heavy atom. The van der Waals surface area contributed by atoms with Crippen LogP contribution in [0.1, 0.15) is 13.8 Å². The summed E-state index contributed by atoms with van der Waals surface area (Å²) in [4.78, 5) is 20.7. The standard InChI is InChI=1S/C16H22N4O2S/c1-3-17-15(21)19-7-9-20(10-8-19)16-18-13-6-5-12(22-4-2)11-14(13)23-16/h5-6,11H,3-4,7-10H2,1-2H3,(H,17,21). The first-order chi connectivity index (χ1) is 11.2. The topological polar surface area (TPSA) is 57.7 Å². The van der Waals surface area contributed by atoms with Crippen LogP contribution in [0.5, 0.6) is 5.75 Å². The average Bonchev–Trinajstić information content (AvgIpc) is 2.99. The van der Waals surface area contributed by atoms with Crippen molar-refractivity contribution in [2.75, 3.05) is 44.2 Å². The fourth-order valence-electron chi connectivity index (χ4n) is 2.65. The van der Waals surface area contributed by atoms with E-state index in [9.17, 15) is 4.79 Å². The largest absolute Gasteiger partial charge is 0.494 e. The SMILES string of the molecule is CCNC(=O)N1CCN(c2nc3ccc(OCC)cc3s2)CC1. The van der Waals surface area contributed by atoms with E-state index >= 15 is 0 Å². The summed E-state index contributed by atoms with van der Waals surface area (Å²) in [5.41, 5.74) is 1.000. The molecule has 0 bridgehead atoms. The minimum atomic E-state index is 0.0257. The molecule has 0 aliphatic carbocycles. The van der Waals surface area contributed by atoms with Crippen LogP contribution < -0.4 is 15.0 Å². The summed E-state index contributed by atoms with van der Waals surface area (Å²) < 4.78 is 6.68. The number of hydrogen-bond acceptors (Lipinski definition) is 5. The molecule has 6 nitrogen and oxygen atoms in total. The van der Waals surface area contributed by atoms with Gasteiger partial charge in [0.25, 0.3) is 0 Å². The number of nitrogens with one attached hydrogen (secondary N) is 1. The van der Waals surface area contributed by atoms with Gasteiger partial charge in [-0.2, -0.15) is 0 Å². The van der Waals surface area contributed by atoms with Crippen LogP contribution in [0.4, 0.5) is 9.93 Å². The summed E-state index contributed by atoms with van der Waals surface area (Å²) in [6, 6.07) is 6.04. The number of nitrogens with zero attached hydrogens (tertiary/aromatic N) is 3. The Hall–Kier alpha value is -2.02. The molecule has 2 heterocycles. The summed E-state index contributed by atoms with van der Waals surface area (Å²) in [6.07, 6.45) is 0. The smallest absolute Gasteiger partial charge is 0.317 e. The highest BCUT2D eigenvalue weighted by Gasteiger charge is 2.22. The van der Waals surface area contributed by atoms with Crippen molar-refractivity contribution in [3.05, 3.63) is 18.2 Å². The zero-order valence-electron chi connectivity index (χ0n) is 13.5. The zero-order chi connectivity index (χ0) is 16.2. The molecular weight excluding hydrogens is 312 g/mol. The second-order valence-corrected chi connectivity index (χ2v) is 6.38. The number of piperazine rings is 1. The molecule has 7 heteroatoms. The lowest BCUT2D eigenvalue weighted by molar-refractivity contribution is 0.195. The van der Waals surface area contributed by atoms with Crippen LogP contribution in [-0.2, 0) is 0 Å². The molecule has 0 atom stereocenters. The summed E-state index contributed by atoms with van der Waals surface area (Å²) in [7, 11) is 0. The Kier molecular flexibility index (Phi) is 4.85. The lowest BCUT2D eigenvalue weighted by Gasteiger charge is -2.34. The summed E-state index contributed by atoms with van der Waals surface area (Å²) in [6.45, 7) is 8.34. The molecule has 1 saturated heterocycles. The van der Waals surface area contributed by atoms with Gasteiger partial charge in [0.05, 0.1) is 16.8 Å². The number of fused-ring (bicyclic) bond motifs is 1. The monoisotopic (exact) mass is 334 g/mol. The van der Waals surface area contributed by atoms with Crippen molar-refractivity contribution in [2.24, 2.45) is 0 Å². The van der Waals surface area contributed by atoms with Crippen molar-refractivity contribution >= 4 is 32.7 Å². The maximum absolute atomic E-state index is 11.9. The van der Waals surface area contributed by atoms with E-state index in [2.05, 4.69) is 10.2 Å². The van der Waals surface area contributed by atoms with Gasteiger partial charge in [0, 0.05) is 32.7 Å². The highest BCUT2D eigenvalue weighted by atomic mass is 32.1. The summed E-state index contributed by atoms with van der Waals surface area (Å²) in [5.74, 6) is 0.885. The molecule has 0 radical (unpaired) electrons. The van der Waals surface area contributed by atoms with Gasteiger partial charge in [0.2, 0.25) is 0 Å². The lowest BCUT2D eigenvalue weighted by Crippen LogP contribution is -2.51. The van der Waals surface area contributed by atoms with Crippen molar-refractivity contribution in [2.45, 2.75) is 13.8 Å². The average molecular weight is 334 g/mol. The van der Waals surface area contributed by atoms with Crippen LogP contribution >= 0.6 is 11.3 Å². The second-order valence-electron chi connectivity index (χ2n) is 5.37. The van der Waals surface area contributed by atoms with Crippen molar-refractivity contribution in [3.63, 3.8) is 0 Å². The van der Waals surface area contributed by atoms with Gasteiger partial charge >= 0.3 is 6.03 Å². The maximum Gasteiger partial charge on any atom is 0.317 e. The first kappa shape index (κ1) is 15.9. The molecule has 1 fully saturated rings. The molecule has 23 heavy (non-hydrogen) atoms. The molecule has 0 spiro atoms. The Labute approximate surface area is 140 Å². The van der Waals surface area contributed by atoms with Crippen LogP contribution in [0, 0.1) is 0 Å². The van der Waals surface area contributed by atoms with Gasteiger partial charge in [-0.15, -0.1) is 0 Å². The van der Waals surface area contributed by atoms with Gasteiger partial charge in [-0.25, -0.2) is 9.78 Å². The van der Waals surface area contributed by atoms with Crippen LogP contribution in [0.25, 0.3) is 10.2 Å². The van der Waals surface area contributed by atoms with Crippen molar-refractivity contribution in [1.29, 1.82) is 0 Å². The van der Waals surface area contributed by atoms with Gasteiger partial charge in [0.1, 0.15) is 5.75 Å². The number of rotatable bonds is 4. The number of amides is 2. The minimum absolute atomic E-state index is 0.0257. The fourth-order valence-corrected chi connectivity index (χ4v) is 3.69. The van der Waals surface area contributed by atoms with Crippen molar-refractivity contribution < 1.29 is 9.53 Å². The number of aromatic nitrogens is 1. The molecular formula is C16H22N4O2S. The highest BCUT2D eigenvalue weighted by molar-refractivity contribution is 7.22. The van der Waals surface area contributed by atoms with E-state index < -0.39 is 0 Å². The first-order valence-corrected chi connectivity index (χ1v) is 8.84. The molecule has 1 aromatic heterocycles. The normalized spacial score (nSPS) is 15.0. The van der Waals surface area contributed by atoms with Crippen LogP contribution in [0.3, 0.4) is 0 Å². The highest BCUT2D eigenvalue weighted by Crippen LogP contribution is 2.31. The molecule has 124 valence electrons. The first-order valence-electron chi connectivity index (χ1n) is 8.02. The Morgan fingerprint density at radius 3 is 2.78 bits per heavy atom. The quantitative estimate of drug-likeness (QED) is 0.933. The Morgan fingerprint density at radius 1 is 1.30 bits per heavy atom. The Bertz CT molecular complexity index is 680. The number of ether oxygens (including phenoxy) is 1. The van der Waals surface area contributed by atoms with Gasteiger partial charge in [0.15, 0.2) is 5.13 Å². The van der Waals surface area contributed by atoms with Gasteiger partial charge in [-0.3, -0.25) is 0 Å². The Balaban J connectivity index is 1.68. The molecule has 3 rings (SSSR count). The van der Waals surface area contributed by atoms with E-state index in [4.69, 9.17) is 9.72 Å². The van der Waals surface area contributed by atoms with E-state index in [0.29, 0.717) is 13.2 Å². The second kappa shape index (κ2) is 7.04. The van der Waals surface area contributed by atoms with E-state index in [1.807, 2.05) is 36.9 Å². The van der Waals surface area contributed by atoms with E-state index in [0.717, 1.165) is 47.3 Å². The molecule has 0 saturated carbocycles. The van der Waals surface area contributed by atoms with Crippen LogP contribution in [0.15, 0.2) is 18.2 Å². The third-order valence-corrected chi connectivity index (χ3v) is 4.90. The molecule has 2 aromatic rings. The maximum atomic E-state index is 11.9. The molecule has 1 aliphatic rings. The minimum Gasteiger partial charge on any atom is -0.494 e. The van der Waals surface area contributed by atoms with Crippen LogP contribution in [0.2, 0.25) is 0 Å². The molecule has 0 unspecified atom stereocenters. The number of benzene rings is 1. The van der Waals surface area contributed by atoms with E-state index in [1.54, 1.807) is 11.3 Å². The van der Waals surface area contributed by atoms with E-state index in [1.165, 1.54) is 0 Å². The van der Waals surface area contributed by atoms with Gasteiger partial charge in [-0.05, 0) is 32.0 Å². The number of carbonyl (C=O) groups is 1. The third kappa shape index (κ3) is 3.50. The van der Waals surface area contributed by atoms with E-state index in [-0.39, 0.29) is 6.03 Å².